The summed E-state index contributed by atoms with van der Waals surface area (Å²) in [5.41, 5.74) is 1.33. The van der Waals surface area contributed by atoms with Crippen LogP contribution in [0.4, 0.5) is 0 Å². The number of nitrogens with zero attached hydrogens (tertiary/aromatic N) is 1. The predicted molar refractivity (Wildman–Crippen MR) is 76.3 cm³/mol. The molecule has 0 bridgehead atoms. The summed E-state index contributed by atoms with van der Waals surface area (Å²) < 4.78 is 0. The minimum atomic E-state index is -0.725. The Morgan fingerprint density at radius 3 is 2.32 bits per heavy atom. The van der Waals surface area contributed by atoms with Gasteiger partial charge in [0.1, 0.15) is 0 Å². The van der Waals surface area contributed by atoms with E-state index in [1.807, 2.05) is 30.3 Å². The van der Waals surface area contributed by atoms with E-state index in [2.05, 4.69) is 18.7 Å². The van der Waals surface area contributed by atoms with Gasteiger partial charge in [0.25, 0.3) is 0 Å². The van der Waals surface area contributed by atoms with Crippen molar-refractivity contribution < 1.29 is 9.90 Å². The average Bonchev–Trinajstić information content (AvgIpc) is 2.39. The van der Waals surface area contributed by atoms with Crippen LogP contribution in [0.5, 0.6) is 0 Å². The van der Waals surface area contributed by atoms with Crippen molar-refractivity contribution in [3.8, 4) is 0 Å². The molecule has 1 saturated heterocycles. The summed E-state index contributed by atoms with van der Waals surface area (Å²) in [6, 6.07) is 9.55. The van der Waals surface area contributed by atoms with E-state index >= 15 is 0 Å². The molecule has 0 aliphatic carbocycles. The van der Waals surface area contributed by atoms with Gasteiger partial charge in [-0.25, -0.2) is 0 Å². The smallest absolute Gasteiger partial charge is 0.312 e. The van der Waals surface area contributed by atoms with Crippen molar-refractivity contribution in [2.24, 2.45) is 5.41 Å². The molecule has 0 saturated carbocycles. The van der Waals surface area contributed by atoms with Crippen molar-refractivity contribution in [2.45, 2.75) is 32.6 Å². The summed E-state index contributed by atoms with van der Waals surface area (Å²) in [4.78, 5) is 13.7. The Hall–Kier alpha value is -1.35. The molecule has 3 nitrogen and oxygen atoms in total. The first-order valence-corrected chi connectivity index (χ1v) is 7.10. The van der Waals surface area contributed by atoms with Crippen molar-refractivity contribution in [1.82, 2.24) is 4.90 Å². The summed E-state index contributed by atoms with van der Waals surface area (Å²) in [7, 11) is 0. The maximum absolute atomic E-state index is 11.4. The minimum Gasteiger partial charge on any atom is -0.481 e. The molecular formula is C16H23NO2. The zero-order valence-corrected chi connectivity index (χ0v) is 11.8. The van der Waals surface area contributed by atoms with Crippen LogP contribution in [0, 0.1) is 5.41 Å². The molecule has 1 aliphatic rings. The lowest BCUT2D eigenvalue weighted by Crippen LogP contribution is -2.56. The Morgan fingerprint density at radius 2 is 1.84 bits per heavy atom. The highest BCUT2D eigenvalue weighted by molar-refractivity contribution is 5.76. The number of likely N-dealkylation sites (tertiary alicyclic amines) is 1. The third-order valence-corrected chi connectivity index (χ3v) is 4.56. The van der Waals surface area contributed by atoms with Crippen LogP contribution in [0.15, 0.2) is 30.3 Å². The van der Waals surface area contributed by atoms with E-state index < -0.39 is 11.9 Å². The molecule has 1 heterocycles. The molecule has 3 heteroatoms. The first-order valence-electron chi connectivity index (χ1n) is 7.10. The lowest BCUT2D eigenvalue weighted by atomic mass is 9.74. The minimum absolute atomic E-state index is 0.409. The molecule has 1 aliphatic heterocycles. The van der Waals surface area contributed by atoms with Crippen LogP contribution in [0.25, 0.3) is 0 Å². The zero-order valence-electron chi connectivity index (χ0n) is 11.8. The predicted octanol–water partition coefficient (Wildman–Crippen LogP) is 2.98. The maximum Gasteiger partial charge on any atom is 0.312 e. The second-order valence-corrected chi connectivity index (χ2v) is 5.68. The van der Waals surface area contributed by atoms with E-state index in [9.17, 15) is 9.90 Å². The SMILES string of the molecule is CCC1(CC)CN(CC(C(=O)O)c2ccccc2)C1. The lowest BCUT2D eigenvalue weighted by molar-refractivity contribution is -0.140. The van der Waals surface area contributed by atoms with E-state index in [0.29, 0.717) is 12.0 Å². The number of rotatable bonds is 6. The average molecular weight is 261 g/mol. The lowest BCUT2D eigenvalue weighted by Gasteiger charge is -2.50. The summed E-state index contributed by atoms with van der Waals surface area (Å²) in [5.74, 6) is -1.13. The molecular weight excluding hydrogens is 238 g/mol. The second kappa shape index (κ2) is 5.74. The van der Waals surface area contributed by atoms with Crippen LogP contribution >= 0.6 is 0 Å². The molecule has 1 aromatic carbocycles. The van der Waals surface area contributed by atoms with Crippen LogP contribution in [0.1, 0.15) is 38.2 Å². The van der Waals surface area contributed by atoms with Crippen LogP contribution in [0.3, 0.4) is 0 Å². The standard InChI is InChI=1S/C16H23NO2/c1-3-16(4-2)11-17(12-16)10-14(15(18)19)13-8-6-5-7-9-13/h5-9,14H,3-4,10-12H2,1-2H3,(H,18,19). The molecule has 19 heavy (non-hydrogen) atoms. The molecule has 0 spiro atoms. The summed E-state index contributed by atoms with van der Waals surface area (Å²) >= 11 is 0. The highest BCUT2D eigenvalue weighted by Gasteiger charge is 2.41. The monoisotopic (exact) mass is 261 g/mol. The van der Waals surface area contributed by atoms with Gasteiger partial charge < -0.3 is 10.0 Å². The highest BCUT2D eigenvalue weighted by Crippen LogP contribution is 2.38. The van der Waals surface area contributed by atoms with E-state index in [-0.39, 0.29) is 0 Å². The fourth-order valence-electron chi connectivity index (χ4n) is 3.00. The Morgan fingerprint density at radius 1 is 1.26 bits per heavy atom. The van der Waals surface area contributed by atoms with Gasteiger partial charge in [0.2, 0.25) is 0 Å². The van der Waals surface area contributed by atoms with Gasteiger partial charge >= 0.3 is 5.97 Å². The number of hydrogen-bond acceptors (Lipinski definition) is 2. The van der Waals surface area contributed by atoms with Crippen molar-refractivity contribution >= 4 is 5.97 Å². The van der Waals surface area contributed by atoms with Crippen LogP contribution in [-0.2, 0) is 4.79 Å². The van der Waals surface area contributed by atoms with Crippen molar-refractivity contribution in [1.29, 1.82) is 0 Å². The van der Waals surface area contributed by atoms with Gasteiger partial charge in [-0.2, -0.15) is 0 Å². The molecule has 0 aromatic heterocycles. The normalized spacial score (nSPS) is 19.7. The maximum atomic E-state index is 11.4. The number of hydrogen-bond donors (Lipinski definition) is 1. The number of carboxylic acid groups (broad SMARTS) is 1. The Balaban J connectivity index is 1.99. The zero-order chi connectivity index (χ0) is 13.9. The quantitative estimate of drug-likeness (QED) is 0.856. The third kappa shape index (κ3) is 2.98. The number of carbonyl (C=O) groups is 1. The van der Waals surface area contributed by atoms with Gasteiger partial charge in [0.15, 0.2) is 0 Å². The summed E-state index contributed by atoms with van der Waals surface area (Å²) in [5, 5.41) is 9.41. The number of aliphatic carboxylic acids is 1. The largest absolute Gasteiger partial charge is 0.481 e. The van der Waals surface area contributed by atoms with E-state index in [1.54, 1.807) is 0 Å². The molecule has 1 atom stereocenters. The fourth-order valence-corrected chi connectivity index (χ4v) is 3.00. The molecule has 1 fully saturated rings. The van der Waals surface area contributed by atoms with Gasteiger partial charge in [0.05, 0.1) is 5.92 Å². The molecule has 1 unspecified atom stereocenters. The number of carboxylic acids is 1. The first-order chi connectivity index (χ1) is 9.10. The molecule has 0 amide bonds. The molecule has 1 N–H and O–H groups in total. The van der Waals surface area contributed by atoms with Crippen molar-refractivity contribution in [3.63, 3.8) is 0 Å². The van der Waals surface area contributed by atoms with Crippen LogP contribution in [0.2, 0.25) is 0 Å². The van der Waals surface area contributed by atoms with E-state index in [4.69, 9.17) is 0 Å². The van der Waals surface area contributed by atoms with Gasteiger partial charge in [0, 0.05) is 19.6 Å². The molecule has 2 rings (SSSR count). The fraction of sp³-hybridized carbons (Fsp3) is 0.562. The Kier molecular flexibility index (Phi) is 4.25. The van der Waals surface area contributed by atoms with Crippen molar-refractivity contribution in [3.05, 3.63) is 35.9 Å². The molecule has 1 aromatic rings. The molecule has 0 radical (unpaired) electrons. The van der Waals surface area contributed by atoms with Gasteiger partial charge in [-0.1, -0.05) is 44.2 Å². The van der Waals surface area contributed by atoms with Gasteiger partial charge in [-0.3, -0.25) is 4.79 Å². The second-order valence-electron chi connectivity index (χ2n) is 5.68. The summed E-state index contributed by atoms with van der Waals surface area (Å²) in [6.45, 7) is 7.16. The Labute approximate surface area is 115 Å². The van der Waals surface area contributed by atoms with Crippen molar-refractivity contribution in [2.75, 3.05) is 19.6 Å². The first kappa shape index (κ1) is 14.1. The van der Waals surface area contributed by atoms with E-state index in [0.717, 1.165) is 18.7 Å². The van der Waals surface area contributed by atoms with Crippen LogP contribution < -0.4 is 0 Å². The highest BCUT2D eigenvalue weighted by atomic mass is 16.4. The van der Waals surface area contributed by atoms with Crippen LogP contribution in [-0.4, -0.2) is 35.6 Å². The van der Waals surface area contributed by atoms with Gasteiger partial charge in [-0.15, -0.1) is 0 Å². The summed E-state index contributed by atoms with van der Waals surface area (Å²) in [6.07, 6.45) is 2.37. The van der Waals surface area contributed by atoms with E-state index in [1.165, 1.54) is 12.8 Å². The van der Waals surface area contributed by atoms with Gasteiger partial charge in [-0.05, 0) is 23.8 Å². The topological polar surface area (TPSA) is 40.5 Å². The third-order valence-electron chi connectivity index (χ3n) is 4.56. The molecule has 104 valence electrons. The number of benzene rings is 1. The Bertz CT molecular complexity index is 418.